The predicted molar refractivity (Wildman–Crippen MR) is 136 cm³/mol. The highest BCUT2D eigenvalue weighted by molar-refractivity contribution is 7.89. The third-order valence-electron chi connectivity index (χ3n) is 5.69. The van der Waals surface area contributed by atoms with Crippen molar-refractivity contribution >= 4 is 32.7 Å². The van der Waals surface area contributed by atoms with Gasteiger partial charge in [-0.15, -0.1) is 0 Å². The summed E-state index contributed by atoms with van der Waals surface area (Å²) in [5.74, 6) is -0.417. The Balaban J connectivity index is 1.37. The Morgan fingerprint density at radius 3 is 2.36 bits per heavy atom. The fraction of sp³-hybridized carbons (Fsp3) is 0.154. The van der Waals surface area contributed by atoms with E-state index in [1.54, 1.807) is 58.5 Å². The molecule has 2 amide bonds. The molecule has 184 valence electrons. The molecule has 10 heteroatoms. The van der Waals surface area contributed by atoms with Crippen LogP contribution in [0, 0.1) is 0 Å². The van der Waals surface area contributed by atoms with Crippen LogP contribution in [0.5, 0.6) is 0 Å². The highest BCUT2D eigenvalue weighted by Gasteiger charge is 2.26. The van der Waals surface area contributed by atoms with Crippen molar-refractivity contribution < 1.29 is 18.0 Å². The highest BCUT2D eigenvalue weighted by atomic mass is 32.2. The van der Waals surface area contributed by atoms with E-state index in [2.05, 4.69) is 21.3 Å². The zero-order valence-electron chi connectivity index (χ0n) is 19.4. The van der Waals surface area contributed by atoms with Gasteiger partial charge >= 0.3 is 0 Å². The molecule has 1 aliphatic heterocycles. The van der Waals surface area contributed by atoms with Gasteiger partial charge in [-0.1, -0.05) is 36.9 Å². The first kappa shape index (κ1) is 24.8. The Labute approximate surface area is 209 Å². The minimum atomic E-state index is -3.86. The topological polar surface area (TPSA) is 113 Å². The number of allylic oxidation sites excluding steroid dienone is 2. The molecule has 0 saturated carbocycles. The summed E-state index contributed by atoms with van der Waals surface area (Å²) in [4.78, 5) is 37.1. The molecule has 1 N–H and O–H groups in total. The lowest BCUT2D eigenvalue weighted by Crippen LogP contribution is -2.51. The Kier molecular flexibility index (Phi) is 7.55. The van der Waals surface area contributed by atoms with Gasteiger partial charge in [-0.25, -0.2) is 8.42 Å². The molecule has 4 rings (SSSR count). The first-order chi connectivity index (χ1) is 17.4. The number of carbonyl (C=O) groups excluding carboxylic acids is 2. The normalized spacial score (nSPS) is 14.7. The summed E-state index contributed by atoms with van der Waals surface area (Å²) < 4.78 is 27.9. The fourth-order valence-corrected chi connectivity index (χ4v) is 4.88. The number of carbonyl (C=O) groups is 2. The lowest BCUT2D eigenvalue weighted by Gasteiger charge is -2.34. The minimum Gasteiger partial charge on any atom is -0.335 e. The molecule has 2 aromatic heterocycles. The maximum Gasteiger partial charge on any atom is 0.272 e. The summed E-state index contributed by atoms with van der Waals surface area (Å²) in [5, 5.41) is 0.714. The van der Waals surface area contributed by atoms with Gasteiger partial charge in [0.05, 0.1) is 5.52 Å². The van der Waals surface area contributed by atoms with E-state index < -0.39 is 10.0 Å². The van der Waals surface area contributed by atoms with Crippen LogP contribution in [0.25, 0.3) is 10.9 Å². The molecule has 1 saturated heterocycles. The lowest BCUT2D eigenvalue weighted by atomic mass is 10.2. The van der Waals surface area contributed by atoms with Crippen molar-refractivity contribution in [2.75, 3.05) is 26.2 Å². The van der Waals surface area contributed by atoms with Gasteiger partial charge in [0.15, 0.2) is 0 Å². The molecule has 0 unspecified atom stereocenters. The van der Waals surface area contributed by atoms with Crippen molar-refractivity contribution in [1.82, 2.24) is 24.5 Å². The van der Waals surface area contributed by atoms with E-state index in [-0.39, 0.29) is 16.7 Å². The number of hydrogen-bond acceptors (Lipinski definition) is 6. The largest absolute Gasteiger partial charge is 0.335 e. The number of sulfonamides is 1. The number of aromatic nitrogens is 2. The summed E-state index contributed by atoms with van der Waals surface area (Å²) in [7, 11) is -3.86. The number of rotatable bonds is 7. The van der Waals surface area contributed by atoms with E-state index in [0.717, 1.165) is 0 Å². The molecule has 0 atom stereocenters. The monoisotopic (exact) mass is 503 g/mol. The van der Waals surface area contributed by atoms with E-state index in [1.165, 1.54) is 36.7 Å². The standard InChI is InChI=1S/C26H25N5O4S/c1-2-20(25(32)30-16-18-31(19-17-30)26(33)22-11-3-4-13-27-22)9-7-15-29-36(34,35)23-12-5-8-21-10-6-14-28-24(21)23/h2-15,29H,1,16-19H2/b15-7+,20-9+. The number of fused-ring (bicyclic) bond motifs is 1. The second-order valence-corrected chi connectivity index (χ2v) is 9.62. The molecule has 0 radical (unpaired) electrons. The molecule has 1 aliphatic rings. The van der Waals surface area contributed by atoms with E-state index >= 15 is 0 Å². The van der Waals surface area contributed by atoms with Gasteiger partial charge in [0, 0.05) is 55.7 Å². The van der Waals surface area contributed by atoms with Crippen LogP contribution < -0.4 is 4.72 Å². The Morgan fingerprint density at radius 2 is 1.64 bits per heavy atom. The highest BCUT2D eigenvalue weighted by Crippen LogP contribution is 2.20. The number of benzene rings is 1. The Bertz CT molecular complexity index is 1440. The van der Waals surface area contributed by atoms with E-state index in [9.17, 15) is 18.0 Å². The number of nitrogens with zero attached hydrogens (tertiary/aromatic N) is 4. The van der Waals surface area contributed by atoms with Crippen LogP contribution in [0.2, 0.25) is 0 Å². The van der Waals surface area contributed by atoms with Gasteiger partial charge in [0.1, 0.15) is 10.6 Å². The molecule has 36 heavy (non-hydrogen) atoms. The molecule has 3 aromatic rings. The summed E-state index contributed by atoms with van der Waals surface area (Å²) in [5.41, 5.74) is 1.05. The van der Waals surface area contributed by atoms with Crippen molar-refractivity contribution in [3.63, 3.8) is 0 Å². The first-order valence-electron chi connectivity index (χ1n) is 11.3. The smallest absolute Gasteiger partial charge is 0.272 e. The van der Waals surface area contributed by atoms with Crippen LogP contribution in [0.1, 0.15) is 10.5 Å². The first-order valence-corrected chi connectivity index (χ1v) is 12.7. The number of hydrogen-bond donors (Lipinski definition) is 1. The van der Waals surface area contributed by atoms with E-state index in [0.29, 0.717) is 48.3 Å². The minimum absolute atomic E-state index is 0.0624. The van der Waals surface area contributed by atoms with Gasteiger partial charge in [-0.05, 0) is 36.4 Å². The van der Waals surface area contributed by atoms with Gasteiger partial charge in [0.2, 0.25) is 0 Å². The molecule has 9 nitrogen and oxygen atoms in total. The Hall–Kier alpha value is -4.31. The molecule has 0 aliphatic carbocycles. The summed E-state index contributed by atoms with van der Waals surface area (Å²) >= 11 is 0. The predicted octanol–water partition coefficient (Wildman–Crippen LogP) is 2.52. The zero-order chi connectivity index (χ0) is 25.5. The van der Waals surface area contributed by atoms with Crippen molar-refractivity contribution in [2.24, 2.45) is 0 Å². The van der Waals surface area contributed by atoms with Crippen LogP contribution in [0.3, 0.4) is 0 Å². The number of para-hydroxylation sites is 1. The number of piperazine rings is 1. The third kappa shape index (κ3) is 5.49. The summed E-state index contributed by atoms with van der Waals surface area (Å²) in [6.45, 7) is 5.21. The number of pyridine rings is 2. The van der Waals surface area contributed by atoms with Gasteiger partial charge in [-0.2, -0.15) is 0 Å². The number of amides is 2. The van der Waals surface area contributed by atoms with Crippen LogP contribution in [-0.4, -0.2) is 66.2 Å². The molecule has 0 spiro atoms. The molecule has 1 fully saturated rings. The van der Waals surface area contributed by atoms with Crippen molar-refractivity contribution in [3.05, 3.63) is 103 Å². The van der Waals surface area contributed by atoms with Crippen LogP contribution in [-0.2, 0) is 14.8 Å². The molecular formula is C26H25N5O4S. The molecule has 0 bridgehead atoms. The number of nitrogens with one attached hydrogen (secondary N) is 1. The SMILES string of the molecule is C=C/C(=C\C=C\NS(=O)(=O)c1cccc2cccnc12)C(=O)N1CCN(C(=O)c2ccccn2)CC1. The molecule has 1 aromatic carbocycles. The van der Waals surface area contributed by atoms with Crippen molar-refractivity contribution in [1.29, 1.82) is 0 Å². The van der Waals surface area contributed by atoms with E-state index in [1.807, 2.05) is 0 Å². The van der Waals surface area contributed by atoms with Gasteiger partial charge in [0.25, 0.3) is 21.8 Å². The Morgan fingerprint density at radius 1 is 0.917 bits per heavy atom. The third-order valence-corrected chi connectivity index (χ3v) is 7.04. The van der Waals surface area contributed by atoms with E-state index in [4.69, 9.17) is 0 Å². The fourth-order valence-electron chi connectivity index (χ4n) is 3.81. The van der Waals surface area contributed by atoms with Gasteiger partial charge < -0.3 is 9.80 Å². The maximum atomic E-state index is 12.9. The average molecular weight is 504 g/mol. The van der Waals surface area contributed by atoms with Crippen LogP contribution >= 0.6 is 0 Å². The molecular weight excluding hydrogens is 478 g/mol. The summed E-state index contributed by atoms with van der Waals surface area (Å²) in [6.07, 6.45) is 8.70. The van der Waals surface area contributed by atoms with Gasteiger partial charge in [-0.3, -0.25) is 24.3 Å². The summed E-state index contributed by atoms with van der Waals surface area (Å²) in [6, 6.07) is 13.6. The average Bonchev–Trinajstić information content (AvgIpc) is 2.92. The lowest BCUT2D eigenvalue weighted by molar-refractivity contribution is -0.128. The van der Waals surface area contributed by atoms with Crippen LogP contribution in [0.4, 0.5) is 0 Å². The maximum absolute atomic E-state index is 12.9. The van der Waals surface area contributed by atoms with Crippen LogP contribution in [0.15, 0.2) is 102 Å². The van der Waals surface area contributed by atoms with Crippen molar-refractivity contribution in [2.45, 2.75) is 4.90 Å². The molecule has 3 heterocycles. The second kappa shape index (κ2) is 11.0. The second-order valence-electron chi connectivity index (χ2n) is 7.94. The zero-order valence-corrected chi connectivity index (χ0v) is 20.3. The van der Waals surface area contributed by atoms with Crippen molar-refractivity contribution in [3.8, 4) is 0 Å². The quantitative estimate of drug-likeness (QED) is 0.392.